The summed E-state index contributed by atoms with van der Waals surface area (Å²) in [6.07, 6.45) is 4.42. The number of aryl methyl sites for hydroxylation is 2. The first-order valence-electron chi connectivity index (χ1n) is 11.7. The molecule has 0 unspecified atom stereocenters. The fourth-order valence-electron chi connectivity index (χ4n) is 5.61. The van der Waals surface area contributed by atoms with Gasteiger partial charge in [0.25, 0.3) is 5.91 Å². The number of anilines is 1. The van der Waals surface area contributed by atoms with Crippen LogP contribution in [0.15, 0.2) is 48.5 Å². The summed E-state index contributed by atoms with van der Waals surface area (Å²) >= 11 is 0. The Kier molecular flexibility index (Phi) is 6.73. The summed E-state index contributed by atoms with van der Waals surface area (Å²) in [5.74, 6) is -1.15. The molecule has 32 heavy (non-hydrogen) atoms. The Morgan fingerprint density at radius 1 is 0.875 bits per heavy atom. The third-order valence-electron chi connectivity index (χ3n) is 7.16. The molecule has 5 heteroatoms. The molecule has 168 valence electrons. The van der Waals surface area contributed by atoms with E-state index in [0.717, 1.165) is 48.9 Å². The molecule has 1 N–H and O–H groups in total. The Hall–Kier alpha value is -2.95. The lowest BCUT2D eigenvalue weighted by Gasteiger charge is -2.28. The van der Waals surface area contributed by atoms with Crippen LogP contribution in [0.4, 0.5) is 5.69 Å². The lowest BCUT2D eigenvalue weighted by molar-refractivity contribution is -0.154. The molecule has 2 fully saturated rings. The van der Waals surface area contributed by atoms with Crippen LogP contribution < -0.4 is 5.32 Å². The van der Waals surface area contributed by atoms with Gasteiger partial charge in [-0.05, 0) is 55.1 Å². The lowest BCUT2D eigenvalue weighted by Crippen LogP contribution is -2.37. The highest BCUT2D eigenvalue weighted by molar-refractivity contribution is 6.01. The highest BCUT2D eigenvalue weighted by Gasteiger charge is 2.54. The van der Waals surface area contributed by atoms with Crippen molar-refractivity contribution in [3.8, 4) is 0 Å². The Bertz CT molecular complexity index is 978. The number of para-hydroxylation sites is 1. The Labute approximate surface area is 189 Å². The van der Waals surface area contributed by atoms with Crippen molar-refractivity contribution in [1.29, 1.82) is 0 Å². The number of ether oxygens (including phenoxy) is 1. The molecule has 2 saturated carbocycles. The summed E-state index contributed by atoms with van der Waals surface area (Å²) in [7, 11) is 0. The van der Waals surface area contributed by atoms with Gasteiger partial charge >= 0.3 is 5.97 Å². The molecule has 2 aromatic carbocycles. The number of hydrogen-bond donors (Lipinski definition) is 1. The van der Waals surface area contributed by atoms with Gasteiger partial charge in [-0.15, -0.1) is 0 Å². The van der Waals surface area contributed by atoms with Gasteiger partial charge in [-0.1, -0.05) is 62.4 Å². The van der Waals surface area contributed by atoms with Crippen LogP contribution in [-0.4, -0.2) is 24.3 Å². The highest BCUT2D eigenvalue weighted by atomic mass is 16.5. The van der Waals surface area contributed by atoms with Crippen molar-refractivity contribution < 1.29 is 19.1 Å². The molecular formula is C27H31NO4. The number of Topliss-reactive ketones (excluding diaryl/α,β-unsaturated/α-hetero) is 1. The smallest absolute Gasteiger partial charge is 0.310 e. The Morgan fingerprint density at radius 2 is 1.50 bits per heavy atom. The van der Waals surface area contributed by atoms with Crippen molar-refractivity contribution in [1.82, 2.24) is 0 Å². The van der Waals surface area contributed by atoms with Gasteiger partial charge in [0.15, 0.2) is 12.4 Å². The summed E-state index contributed by atoms with van der Waals surface area (Å²) in [5, 5.41) is 2.94. The quantitative estimate of drug-likeness (QED) is 0.478. The first kappa shape index (κ1) is 22.3. The van der Waals surface area contributed by atoms with E-state index in [4.69, 9.17) is 4.74 Å². The molecule has 0 saturated heterocycles. The molecule has 0 spiro atoms. The number of ketones is 1. The third-order valence-corrected chi connectivity index (χ3v) is 7.16. The molecule has 0 aromatic heterocycles. The first-order chi connectivity index (χ1) is 15.5. The molecule has 0 heterocycles. The molecule has 2 aliphatic rings. The van der Waals surface area contributed by atoms with Crippen LogP contribution in [0.2, 0.25) is 0 Å². The van der Waals surface area contributed by atoms with Gasteiger partial charge in [-0.2, -0.15) is 0 Å². The number of carbonyl (C=O) groups is 3. The molecule has 4 rings (SSSR count). The molecule has 5 nitrogen and oxygen atoms in total. The largest absolute Gasteiger partial charge is 0.455 e. The van der Waals surface area contributed by atoms with Gasteiger partial charge in [0.1, 0.15) is 0 Å². The minimum absolute atomic E-state index is 0.0219. The minimum atomic E-state index is -0.455. The fraction of sp³-hybridized carbons (Fsp3) is 0.444. The topological polar surface area (TPSA) is 72.5 Å². The number of fused-ring (bicyclic) bond motifs is 2. The van der Waals surface area contributed by atoms with Gasteiger partial charge in [0, 0.05) is 17.2 Å². The summed E-state index contributed by atoms with van der Waals surface area (Å²) in [4.78, 5) is 38.8. The molecular weight excluding hydrogens is 402 g/mol. The highest BCUT2D eigenvalue weighted by Crippen LogP contribution is 2.53. The molecule has 2 aromatic rings. The lowest BCUT2D eigenvalue weighted by atomic mass is 9.75. The standard InChI is InChI=1S/C27H31NO4/c1-3-17-11-8-12-18(4-2)25(17)28-22(29)16-32-27(31)24-21-14-13-20(15-21)23(24)26(30)19-9-6-5-7-10-19/h5-12,20-21,23-24H,3-4,13-16H2,1-2H3,(H,28,29)/t20-,21-,23-,24+/m0/s1. The van der Waals surface area contributed by atoms with Crippen LogP contribution in [0.3, 0.4) is 0 Å². The third kappa shape index (κ3) is 4.34. The van der Waals surface area contributed by atoms with Gasteiger partial charge in [0.05, 0.1) is 5.92 Å². The molecule has 2 aliphatic carbocycles. The summed E-state index contributed by atoms with van der Waals surface area (Å²) in [5.41, 5.74) is 3.58. The zero-order valence-electron chi connectivity index (χ0n) is 18.8. The maximum Gasteiger partial charge on any atom is 0.310 e. The van der Waals surface area contributed by atoms with Gasteiger partial charge in [-0.3, -0.25) is 14.4 Å². The predicted octanol–water partition coefficient (Wildman–Crippen LogP) is 4.84. The van der Waals surface area contributed by atoms with E-state index >= 15 is 0 Å². The molecule has 1 amide bonds. The zero-order valence-corrected chi connectivity index (χ0v) is 18.8. The van der Waals surface area contributed by atoms with Gasteiger partial charge in [0.2, 0.25) is 0 Å². The molecule has 0 aliphatic heterocycles. The van der Waals surface area contributed by atoms with E-state index < -0.39 is 11.9 Å². The minimum Gasteiger partial charge on any atom is -0.455 e. The number of nitrogens with one attached hydrogen (secondary N) is 1. The predicted molar refractivity (Wildman–Crippen MR) is 123 cm³/mol. The first-order valence-corrected chi connectivity index (χ1v) is 11.7. The molecule has 4 atom stereocenters. The second kappa shape index (κ2) is 9.68. The summed E-state index contributed by atoms with van der Waals surface area (Å²) < 4.78 is 5.47. The van der Waals surface area contributed by atoms with Gasteiger partial charge in [-0.25, -0.2) is 0 Å². The van der Waals surface area contributed by atoms with Crippen molar-refractivity contribution in [2.24, 2.45) is 23.7 Å². The molecule has 0 radical (unpaired) electrons. The normalized spacial score (nSPS) is 23.7. The number of esters is 1. The van der Waals surface area contributed by atoms with Crippen molar-refractivity contribution >= 4 is 23.3 Å². The van der Waals surface area contributed by atoms with Crippen LogP contribution in [0.1, 0.15) is 54.6 Å². The maximum absolute atomic E-state index is 13.2. The van der Waals surface area contributed by atoms with Crippen LogP contribution >= 0.6 is 0 Å². The Morgan fingerprint density at radius 3 is 2.12 bits per heavy atom. The average Bonchev–Trinajstić information content (AvgIpc) is 3.44. The van der Waals surface area contributed by atoms with Crippen molar-refractivity contribution in [2.45, 2.75) is 46.0 Å². The SMILES string of the molecule is CCc1cccc(CC)c1NC(=O)COC(=O)[C@@H]1[C@H]2CC[C@@H](C2)[C@@H]1C(=O)c1ccccc1. The second-order valence-corrected chi connectivity index (χ2v) is 8.93. The van der Waals surface area contributed by atoms with Crippen molar-refractivity contribution in [3.63, 3.8) is 0 Å². The van der Waals surface area contributed by atoms with E-state index in [9.17, 15) is 14.4 Å². The van der Waals surface area contributed by atoms with Crippen LogP contribution in [0, 0.1) is 23.7 Å². The number of benzene rings is 2. The summed E-state index contributed by atoms with van der Waals surface area (Å²) in [6, 6.07) is 15.2. The van der Waals surface area contributed by atoms with Crippen LogP contribution in [0.5, 0.6) is 0 Å². The monoisotopic (exact) mass is 433 g/mol. The van der Waals surface area contributed by atoms with E-state index in [1.165, 1.54) is 0 Å². The molecule has 2 bridgehead atoms. The fourth-order valence-corrected chi connectivity index (χ4v) is 5.61. The second-order valence-electron chi connectivity index (χ2n) is 8.93. The number of carbonyl (C=O) groups excluding carboxylic acids is 3. The van der Waals surface area contributed by atoms with E-state index in [1.54, 1.807) is 12.1 Å². The van der Waals surface area contributed by atoms with Crippen LogP contribution in [0.25, 0.3) is 0 Å². The average molecular weight is 434 g/mol. The summed E-state index contributed by atoms with van der Waals surface area (Å²) in [6.45, 7) is 3.76. The van der Waals surface area contributed by atoms with Crippen molar-refractivity contribution in [2.75, 3.05) is 11.9 Å². The van der Waals surface area contributed by atoms with Gasteiger partial charge < -0.3 is 10.1 Å². The number of rotatable bonds is 8. The van der Waals surface area contributed by atoms with Crippen molar-refractivity contribution in [3.05, 3.63) is 65.2 Å². The number of amides is 1. The van der Waals surface area contributed by atoms with Crippen LogP contribution in [-0.2, 0) is 27.2 Å². The number of hydrogen-bond acceptors (Lipinski definition) is 4. The maximum atomic E-state index is 13.2. The Balaban J connectivity index is 1.42. The van der Waals surface area contributed by atoms with E-state index in [1.807, 2.05) is 50.2 Å². The van der Waals surface area contributed by atoms with E-state index in [0.29, 0.717) is 5.56 Å². The van der Waals surface area contributed by atoms with E-state index in [2.05, 4.69) is 5.32 Å². The van der Waals surface area contributed by atoms with E-state index in [-0.39, 0.29) is 36.1 Å². The zero-order chi connectivity index (χ0) is 22.7.